The van der Waals surface area contributed by atoms with Gasteiger partial charge in [-0.05, 0) is 23.3 Å². The molecule has 1 aliphatic heterocycles. The average Bonchev–Trinajstić information content (AvgIpc) is 2.97. The summed E-state index contributed by atoms with van der Waals surface area (Å²) < 4.78 is 5.49. The van der Waals surface area contributed by atoms with E-state index in [1.807, 2.05) is 0 Å². The minimum absolute atomic E-state index is 0.0269. The third kappa shape index (κ3) is 1.06. The molecule has 0 saturated carbocycles. The Morgan fingerprint density at radius 3 is 2.57 bits per heavy atom. The number of fused-ring (bicyclic) bond motifs is 1. The van der Waals surface area contributed by atoms with Crippen LogP contribution in [0.4, 0.5) is 0 Å². The van der Waals surface area contributed by atoms with E-state index in [0.717, 1.165) is 6.61 Å². The highest BCUT2D eigenvalue weighted by Gasteiger charge is 2.41. The average molecular weight is 184 g/mol. The normalized spacial score (nSPS) is 25.2. The smallest absolute Gasteiger partial charge is 0.114 e. The van der Waals surface area contributed by atoms with Gasteiger partial charge in [-0.3, -0.25) is 0 Å². The predicted octanol–water partition coefficient (Wildman–Crippen LogP) is 3.09. The van der Waals surface area contributed by atoms with Crippen molar-refractivity contribution in [3.05, 3.63) is 48.0 Å². The standard InChI is InChI=1S/C13H12O/c1-13(9-14-13)12-8-4-6-10-5-2-3-7-11(10)12/h2-8H,9H2,1H3/t13-/m0/s1. The van der Waals surface area contributed by atoms with E-state index >= 15 is 0 Å². The summed E-state index contributed by atoms with van der Waals surface area (Å²) in [6.07, 6.45) is 0. The van der Waals surface area contributed by atoms with Crippen LogP contribution in [-0.4, -0.2) is 6.61 Å². The van der Waals surface area contributed by atoms with E-state index in [4.69, 9.17) is 4.74 Å². The van der Waals surface area contributed by atoms with E-state index < -0.39 is 0 Å². The molecule has 14 heavy (non-hydrogen) atoms. The summed E-state index contributed by atoms with van der Waals surface area (Å²) in [7, 11) is 0. The lowest BCUT2D eigenvalue weighted by atomic mass is 9.95. The summed E-state index contributed by atoms with van der Waals surface area (Å²) >= 11 is 0. The first-order valence-electron chi connectivity index (χ1n) is 4.92. The zero-order chi connectivity index (χ0) is 9.60. The maximum Gasteiger partial charge on any atom is 0.114 e. The van der Waals surface area contributed by atoms with Crippen LogP contribution in [0.1, 0.15) is 12.5 Å². The van der Waals surface area contributed by atoms with Gasteiger partial charge in [-0.25, -0.2) is 0 Å². The van der Waals surface area contributed by atoms with Crippen molar-refractivity contribution >= 4 is 10.8 Å². The van der Waals surface area contributed by atoms with Crippen LogP contribution in [0.3, 0.4) is 0 Å². The van der Waals surface area contributed by atoms with E-state index in [2.05, 4.69) is 49.4 Å². The zero-order valence-electron chi connectivity index (χ0n) is 8.16. The molecule has 1 atom stereocenters. The first-order valence-corrected chi connectivity index (χ1v) is 4.92. The second-order valence-electron chi connectivity index (χ2n) is 4.05. The molecule has 1 fully saturated rings. The van der Waals surface area contributed by atoms with Crippen LogP contribution >= 0.6 is 0 Å². The lowest BCUT2D eigenvalue weighted by molar-refractivity contribution is 0.331. The minimum Gasteiger partial charge on any atom is -0.365 e. The Hall–Kier alpha value is -1.34. The van der Waals surface area contributed by atoms with E-state index in [-0.39, 0.29) is 5.60 Å². The zero-order valence-corrected chi connectivity index (χ0v) is 8.16. The number of epoxide rings is 1. The van der Waals surface area contributed by atoms with E-state index in [0.29, 0.717) is 0 Å². The Labute approximate surface area is 83.3 Å². The van der Waals surface area contributed by atoms with Crippen molar-refractivity contribution in [2.45, 2.75) is 12.5 Å². The fourth-order valence-electron chi connectivity index (χ4n) is 1.95. The van der Waals surface area contributed by atoms with Crippen molar-refractivity contribution in [2.75, 3.05) is 6.61 Å². The molecule has 0 unspecified atom stereocenters. The molecule has 1 aliphatic rings. The van der Waals surface area contributed by atoms with Gasteiger partial charge in [0.05, 0.1) is 6.61 Å². The Kier molecular flexibility index (Phi) is 1.48. The summed E-state index contributed by atoms with van der Waals surface area (Å²) in [5.74, 6) is 0. The third-order valence-corrected chi connectivity index (χ3v) is 2.94. The summed E-state index contributed by atoms with van der Waals surface area (Å²) in [5, 5.41) is 2.61. The molecule has 0 radical (unpaired) electrons. The fraction of sp³-hybridized carbons (Fsp3) is 0.231. The van der Waals surface area contributed by atoms with Gasteiger partial charge in [0.1, 0.15) is 5.60 Å². The molecule has 1 heterocycles. The van der Waals surface area contributed by atoms with Crippen LogP contribution in [0.5, 0.6) is 0 Å². The second-order valence-corrected chi connectivity index (χ2v) is 4.05. The fourth-order valence-corrected chi connectivity index (χ4v) is 1.95. The maximum atomic E-state index is 5.49. The Morgan fingerprint density at radius 2 is 1.79 bits per heavy atom. The highest BCUT2D eigenvalue weighted by molar-refractivity contribution is 5.86. The molecule has 0 bridgehead atoms. The SMILES string of the molecule is C[C@@]1(c2cccc3ccccc23)CO1. The van der Waals surface area contributed by atoms with Crippen molar-refractivity contribution in [1.82, 2.24) is 0 Å². The highest BCUT2D eigenvalue weighted by atomic mass is 16.6. The van der Waals surface area contributed by atoms with Crippen molar-refractivity contribution < 1.29 is 4.74 Å². The molecule has 70 valence electrons. The molecule has 2 aromatic rings. The topological polar surface area (TPSA) is 12.5 Å². The molecule has 1 heteroatoms. The van der Waals surface area contributed by atoms with Gasteiger partial charge in [-0.15, -0.1) is 0 Å². The summed E-state index contributed by atoms with van der Waals surface area (Å²) in [5.41, 5.74) is 1.29. The Morgan fingerprint density at radius 1 is 1.07 bits per heavy atom. The lowest BCUT2D eigenvalue weighted by Crippen LogP contribution is -2.02. The van der Waals surface area contributed by atoms with Crippen molar-refractivity contribution in [3.8, 4) is 0 Å². The molecule has 1 saturated heterocycles. The Balaban J connectivity index is 2.33. The van der Waals surface area contributed by atoms with Crippen LogP contribution in [0.2, 0.25) is 0 Å². The van der Waals surface area contributed by atoms with Gasteiger partial charge in [0.25, 0.3) is 0 Å². The quantitative estimate of drug-likeness (QED) is 0.620. The molecule has 3 rings (SSSR count). The first-order chi connectivity index (χ1) is 6.80. The summed E-state index contributed by atoms with van der Waals surface area (Å²) in [6.45, 7) is 3.00. The number of hydrogen-bond donors (Lipinski definition) is 0. The van der Waals surface area contributed by atoms with Gasteiger partial charge in [0.2, 0.25) is 0 Å². The molecule has 0 N–H and O–H groups in total. The van der Waals surface area contributed by atoms with Crippen molar-refractivity contribution in [3.63, 3.8) is 0 Å². The van der Waals surface area contributed by atoms with Crippen LogP contribution in [-0.2, 0) is 10.3 Å². The van der Waals surface area contributed by atoms with Gasteiger partial charge in [-0.1, -0.05) is 42.5 Å². The summed E-state index contributed by atoms with van der Waals surface area (Å²) in [4.78, 5) is 0. The van der Waals surface area contributed by atoms with E-state index in [1.165, 1.54) is 16.3 Å². The predicted molar refractivity (Wildman–Crippen MR) is 57.3 cm³/mol. The molecule has 2 aromatic carbocycles. The molecule has 0 aliphatic carbocycles. The van der Waals surface area contributed by atoms with Crippen LogP contribution in [0, 0.1) is 0 Å². The number of hydrogen-bond acceptors (Lipinski definition) is 1. The Bertz CT molecular complexity index is 478. The van der Waals surface area contributed by atoms with Gasteiger partial charge in [0, 0.05) is 0 Å². The lowest BCUT2D eigenvalue weighted by Gasteiger charge is -2.09. The van der Waals surface area contributed by atoms with Gasteiger partial charge < -0.3 is 4.74 Å². The van der Waals surface area contributed by atoms with E-state index in [9.17, 15) is 0 Å². The number of benzene rings is 2. The van der Waals surface area contributed by atoms with Gasteiger partial charge >= 0.3 is 0 Å². The van der Waals surface area contributed by atoms with Gasteiger partial charge in [-0.2, -0.15) is 0 Å². The maximum absolute atomic E-state index is 5.49. The number of ether oxygens (including phenoxy) is 1. The van der Waals surface area contributed by atoms with E-state index in [1.54, 1.807) is 0 Å². The molecule has 0 aromatic heterocycles. The monoisotopic (exact) mass is 184 g/mol. The largest absolute Gasteiger partial charge is 0.365 e. The molecule has 1 nitrogen and oxygen atoms in total. The highest BCUT2D eigenvalue weighted by Crippen LogP contribution is 2.41. The summed E-state index contributed by atoms with van der Waals surface area (Å²) in [6, 6.07) is 14.9. The van der Waals surface area contributed by atoms with Crippen molar-refractivity contribution in [2.24, 2.45) is 0 Å². The molecular formula is C13H12O. The van der Waals surface area contributed by atoms with Gasteiger partial charge in [0.15, 0.2) is 0 Å². The van der Waals surface area contributed by atoms with Crippen LogP contribution < -0.4 is 0 Å². The minimum atomic E-state index is -0.0269. The van der Waals surface area contributed by atoms with Crippen molar-refractivity contribution in [1.29, 1.82) is 0 Å². The third-order valence-electron chi connectivity index (χ3n) is 2.94. The molecule has 0 amide bonds. The van der Waals surface area contributed by atoms with Crippen LogP contribution in [0.25, 0.3) is 10.8 Å². The first kappa shape index (κ1) is 8.01. The molecular weight excluding hydrogens is 172 g/mol. The molecule has 0 spiro atoms. The number of rotatable bonds is 1. The second kappa shape index (κ2) is 2.58. The van der Waals surface area contributed by atoms with Crippen LogP contribution in [0.15, 0.2) is 42.5 Å².